The van der Waals surface area contributed by atoms with Crippen LogP contribution in [0.5, 0.6) is 34.5 Å². The van der Waals surface area contributed by atoms with Crippen LogP contribution in [0.25, 0.3) is 0 Å². The molecule has 0 bridgehead atoms. The summed E-state index contributed by atoms with van der Waals surface area (Å²) >= 11 is 0. The van der Waals surface area contributed by atoms with Crippen molar-refractivity contribution in [3.05, 3.63) is 133 Å². The van der Waals surface area contributed by atoms with Crippen molar-refractivity contribution >= 4 is 23.9 Å². The van der Waals surface area contributed by atoms with Crippen LogP contribution in [0.4, 0.5) is 0 Å². The highest BCUT2D eigenvalue weighted by Gasteiger charge is 2.11. The first-order chi connectivity index (χ1) is 28.3. The lowest BCUT2D eigenvalue weighted by atomic mass is 10.1. The van der Waals surface area contributed by atoms with E-state index in [2.05, 4.69) is 13.2 Å². The number of ether oxygens (including phenoxy) is 8. The second-order valence-corrected chi connectivity index (χ2v) is 12.7. The maximum Gasteiger partial charge on any atom is 0.343 e. The Bertz CT molecular complexity index is 1730. The van der Waals surface area contributed by atoms with Crippen LogP contribution in [0.15, 0.2) is 122 Å². The molecule has 12 nitrogen and oxygen atoms in total. The molecule has 0 atom stereocenters. The zero-order valence-electron chi connectivity index (χ0n) is 32.6. The molecule has 0 spiro atoms. The minimum atomic E-state index is -0.512. The molecular formula is C46H50O12. The van der Waals surface area contributed by atoms with Crippen LogP contribution in [-0.2, 0) is 19.1 Å². The Labute approximate surface area is 339 Å². The van der Waals surface area contributed by atoms with Gasteiger partial charge in [-0.3, -0.25) is 0 Å². The molecule has 4 aromatic carbocycles. The van der Waals surface area contributed by atoms with Gasteiger partial charge in [0.15, 0.2) is 0 Å². The minimum absolute atomic E-state index is 0.0959. The lowest BCUT2D eigenvalue weighted by Gasteiger charge is -2.09. The van der Waals surface area contributed by atoms with Gasteiger partial charge in [0.25, 0.3) is 0 Å². The number of hydrogen-bond acceptors (Lipinski definition) is 12. The molecule has 4 aromatic rings. The summed E-state index contributed by atoms with van der Waals surface area (Å²) in [5.41, 5.74) is 0.750. The molecule has 0 amide bonds. The number of rotatable bonds is 27. The van der Waals surface area contributed by atoms with Crippen molar-refractivity contribution < 1.29 is 57.1 Å². The molecule has 4 rings (SSSR count). The van der Waals surface area contributed by atoms with Crippen LogP contribution in [0.1, 0.15) is 72.1 Å². The molecule has 0 saturated carbocycles. The van der Waals surface area contributed by atoms with Gasteiger partial charge in [0.05, 0.1) is 24.3 Å². The quantitative estimate of drug-likeness (QED) is 0.0246. The Kier molecular flexibility index (Phi) is 19.5. The van der Waals surface area contributed by atoms with Gasteiger partial charge in [0.2, 0.25) is 0 Å². The van der Waals surface area contributed by atoms with Crippen LogP contribution < -0.4 is 28.4 Å². The van der Waals surface area contributed by atoms with E-state index in [9.17, 15) is 19.2 Å². The van der Waals surface area contributed by atoms with E-state index >= 15 is 0 Å². The maximum atomic E-state index is 12.5. The molecule has 0 radical (unpaired) electrons. The third-order valence-electron chi connectivity index (χ3n) is 8.35. The smallest absolute Gasteiger partial charge is 0.343 e. The third kappa shape index (κ3) is 17.1. The topological polar surface area (TPSA) is 142 Å². The van der Waals surface area contributed by atoms with E-state index in [4.69, 9.17) is 37.9 Å². The fourth-order valence-electron chi connectivity index (χ4n) is 5.28. The van der Waals surface area contributed by atoms with E-state index in [1.54, 1.807) is 97.1 Å². The van der Waals surface area contributed by atoms with Crippen LogP contribution in [0.3, 0.4) is 0 Å². The van der Waals surface area contributed by atoms with E-state index in [-0.39, 0.29) is 26.4 Å². The van der Waals surface area contributed by atoms with E-state index in [0.29, 0.717) is 47.3 Å². The van der Waals surface area contributed by atoms with Gasteiger partial charge in [-0.05, 0) is 110 Å². The van der Waals surface area contributed by atoms with Crippen LogP contribution in [0, 0.1) is 0 Å². The SMILES string of the molecule is C=CC(=O)OCCOc1ccc(C(=O)Oc2ccc(OCCCCCCCCCCOc3ccc(OC(=O)c4ccc(OCCOC(=O)C=C)cc4)cc3)cc2)cc1. The second kappa shape index (κ2) is 25.6. The Morgan fingerprint density at radius 2 is 0.638 bits per heavy atom. The van der Waals surface area contributed by atoms with E-state index in [1.165, 1.54) is 12.8 Å². The largest absolute Gasteiger partial charge is 0.494 e. The molecule has 0 heterocycles. The van der Waals surface area contributed by atoms with Gasteiger partial charge in [0.1, 0.15) is 60.9 Å². The molecule has 0 aromatic heterocycles. The third-order valence-corrected chi connectivity index (χ3v) is 8.35. The van der Waals surface area contributed by atoms with Crippen molar-refractivity contribution in [3.8, 4) is 34.5 Å². The number of carbonyl (C=O) groups is 4. The highest BCUT2D eigenvalue weighted by molar-refractivity contribution is 5.91. The summed E-state index contributed by atoms with van der Waals surface area (Å²) in [4.78, 5) is 47.2. The monoisotopic (exact) mass is 794 g/mol. The first-order valence-electron chi connectivity index (χ1n) is 19.3. The lowest BCUT2D eigenvalue weighted by molar-refractivity contribution is -0.139. The molecule has 0 aliphatic rings. The number of benzene rings is 4. The molecule has 0 N–H and O–H groups in total. The molecule has 58 heavy (non-hydrogen) atoms. The first kappa shape index (κ1) is 44.2. The summed E-state index contributed by atoms with van der Waals surface area (Å²) in [7, 11) is 0. The van der Waals surface area contributed by atoms with Gasteiger partial charge in [-0.25, -0.2) is 19.2 Å². The zero-order valence-corrected chi connectivity index (χ0v) is 32.6. The number of unbranched alkanes of at least 4 members (excludes halogenated alkanes) is 7. The highest BCUT2D eigenvalue weighted by Crippen LogP contribution is 2.22. The van der Waals surface area contributed by atoms with E-state index in [1.807, 2.05) is 0 Å². The normalized spacial score (nSPS) is 10.4. The lowest BCUT2D eigenvalue weighted by Crippen LogP contribution is -2.11. The predicted octanol–water partition coefficient (Wildman–Crippen LogP) is 8.92. The van der Waals surface area contributed by atoms with Crippen molar-refractivity contribution in [2.24, 2.45) is 0 Å². The fraction of sp³-hybridized carbons (Fsp3) is 0.304. The summed E-state index contributed by atoms with van der Waals surface area (Å²) in [6.07, 6.45) is 10.9. The molecule has 0 saturated heterocycles. The molecule has 306 valence electrons. The van der Waals surface area contributed by atoms with Crippen LogP contribution >= 0.6 is 0 Å². The van der Waals surface area contributed by atoms with E-state index < -0.39 is 23.9 Å². The summed E-state index contributed by atoms with van der Waals surface area (Å²) in [6.45, 7) is 8.46. The Hall–Kier alpha value is -6.56. The van der Waals surface area contributed by atoms with Crippen molar-refractivity contribution in [1.29, 1.82) is 0 Å². The molecular weight excluding hydrogens is 744 g/mol. The molecule has 12 heteroatoms. The Morgan fingerprint density at radius 3 is 0.966 bits per heavy atom. The Morgan fingerprint density at radius 1 is 0.362 bits per heavy atom. The summed E-state index contributed by atoms with van der Waals surface area (Å²) in [5, 5.41) is 0. The summed E-state index contributed by atoms with van der Waals surface area (Å²) < 4.78 is 43.4. The number of carbonyl (C=O) groups excluding carboxylic acids is 4. The molecule has 0 fully saturated rings. The van der Waals surface area contributed by atoms with Gasteiger partial charge < -0.3 is 37.9 Å². The average Bonchev–Trinajstić information content (AvgIpc) is 3.25. The van der Waals surface area contributed by atoms with E-state index in [0.717, 1.165) is 62.2 Å². The second-order valence-electron chi connectivity index (χ2n) is 12.7. The number of hydrogen-bond donors (Lipinski definition) is 0. The van der Waals surface area contributed by atoms with Gasteiger partial charge in [-0.2, -0.15) is 0 Å². The fourth-order valence-corrected chi connectivity index (χ4v) is 5.28. The summed E-state index contributed by atoms with van der Waals surface area (Å²) in [5.74, 6) is 1.34. The zero-order chi connectivity index (χ0) is 41.2. The molecule has 0 aliphatic carbocycles. The van der Waals surface area contributed by atoms with Crippen molar-refractivity contribution in [1.82, 2.24) is 0 Å². The van der Waals surface area contributed by atoms with Crippen molar-refractivity contribution in [2.45, 2.75) is 51.4 Å². The molecule has 0 unspecified atom stereocenters. The van der Waals surface area contributed by atoms with Gasteiger partial charge in [0, 0.05) is 12.2 Å². The standard InChI is InChI=1S/C46H50O12/c1-3-43(47)55-33-31-53-37-17-13-35(14-18-37)45(49)57-41-25-21-39(22-26-41)51-29-11-9-7-5-6-8-10-12-30-52-40-23-27-42(28-24-40)58-46(50)36-15-19-38(20-16-36)54-32-34-56-44(48)4-2/h3-4,13-28H,1-2,5-12,29-34H2. The van der Waals surface area contributed by atoms with Gasteiger partial charge in [-0.1, -0.05) is 51.7 Å². The highest BCUT2D eigenvalue weighted by atomic mass is 16.6. The molecule has 0 aliphatic heterocycles. The average molecular weight is 795 g/mol. The van der Waals surface area contributed by atoms with Crippen LogP contribution in [0.2, 0.25) is 0 Å². The minimum Gasteiger partial charge on any atom is -0.494 e. The summed E-state index contributed by atoms with van der Waals surface area (Å²) in [6, 6.07) is 27.0. The van der Waals surface area contributed by atoms with Crippen LogP contribution in [-0.4, -0.2) is 63.5 Å². The van der Waals surface area contributed by atoms with Gasteiger partial charge >= 0.3 is 23.9 Å². The number of esters is 4. The maximum absolute atomic E-state index is 12.5. The van der Waals surface area contributed by atoms with Crippen molar-refractivity contribution in [3.63, 3.8) is 0 Å². The van der Waals surface area contributed by atoms with Crippen molar-refractivity contribution in [2.75, 3.05) is 39.6 Å². The first-order valence-corrected chi connectivity index (χ1v) is 19.3. The predicted molar refractivity (Wildman–Crippen MR) is 217 cm³/mol. The Balaban J connectivity index is 0.970. The van der Waals surface area contributed by atoms with Gasteiger partial charge in [-0.15, -0.1) is 0 Å².